The largest absolute Gasteiger partial charge is 0.308 e. The summed E-state index contributed by atoms with van der Waals surface area (Å²) in [5.41, 5.74) is 3.64. The number of nitrogens with one attached hydrogen (secondary N) is 1. The second kappa shape index (κ2) is 5.40. The monoisotopic (exact) mass is 284 g/mol. The minimum atomic E-state index is 0.429. The lowest BCUT2D eigenvalue weighted by Crippen LogP contribution is -2.63. The molecule has 2 nitrogen and oxygen atoms in total. The molecule has 1 aliphatic heterocycles. The number of fused-ring (bicyclic) bond motifs is 1. The first-order valence-corrected chi connectivity index (χ1v) is 8.86. The van der Waals surface area contributed by atoms with Crippen molar-refractivity contribution >= 4 is 0 Å². The fraction of sp³-hybridized carbons (Fsp3) is 0.684. The highest BCUT2D eigenvalue weighted by atomic mass is 15.3. The first-order valence-electron chi connectivity index (χ1n) is 8.86. The SMILES string of the molecule is CC1CNC2(CCCC2)CN1C1CCCc2ccccc21. The van der Waals surface area contributed by atoms with E-state index in [4.69, 9.17) is 0 Å². The van der Waals surface area contributed by atoms with E-state index in [1.165, 1.54) is 58.0 Å². The molecule has 1 saturated carbocycles. The third kappa shape index (κ3) is 2.43. The third-order valence-electron chi connectivity index (χ3n) is 6.12. The van der Waals surface area contributed by atoms with Gasteiger partial charge in [0.05, 0.1) is 0 Å². The number of benzene rings is 1. The molecule has 1 N–H and O–H groups in total. The van der Waals surface area contributed by atoms with E-state index in [9.17, 15) is 0 Å². The van der Waals surface area contributed by atoms with Crippen LogP contribution >= 0.6 is 0 Å². The molecular formula is C19H28N2. The molecule has 0 amide bonds. The Bertz CT molecular complexity index is 504. The molecule has 114 valence electrons. The maximum atomic E-state index is 3.90. The van der Waals surface area contributed by atoms with Crippen molar-refractivity contribution in [2.24, 2.45) is 0 Å². The summed E-state index contributed by atoms with van der Waals surface area (Å²) in [5, 5.41) is 3.90. The Balaban J connectivity index is 1.63. The van der Waals surface area contributed by atoms with E-state index in [2.05, 4.69) is 41.4 Å². The number of piperazine rings is 1. The number of hydrogen-bond donors (Lipinski definition) is 1. The molecular weight excluding hydrogens is 256 g/mol. The summed E-state index contributed by atoms with van der Waals surface area (Å²) in [6, 6.07) is 10.5. The van der Waals surface area contributed by atoms with Gasteiger partial charge in [-0.15, -0.1) is 0 Å². The number of rotatable bonds is 1. The molecule has 4 rings (SSSR count). The average molecular weight is 284 g/mol. The Kier molecular flexibility index (Phi) is 3.55. The maximum Gasteiger partial charge on any atom is 0.0355 e. The summed E-state index contributed by atoms with van der Waals surface area (Å²) in [5.74, 6) is 0. The molecule has 2 aliphatic carbocycles. The summed E-state index contributed by atoms with van der Waals surface area (Å²) in [6.07, 6.45) is 9.56. The Morgan fingerprint density at radius 2 is 1.95 bits per heavy atom. The van der Waals surface area contributed by atoms with E-state index in [1.54, 1.807) is 11.1 Å². The number of nitrogens with zero attached hydrogens (tertiary/aromatic N) is 1. The Labute approximate surface area is 128 Å². The zero-order chi connectivity index (χ0) is 14.3. The zero-order valence-electron chi connectivity index (χ0n) is 13.3. The molecule has 0 bridgehead atoms. The predicted molar refractivity (Wildman–Crippen MR) is 87.5 cm³/mol. The summed E-state index contributed by atoms with van der Waals surface area (Å²) in [4.78, 5) is 2.83. The van der Waals surface area contributed by atoms with E-state index in [0.29, 0.717) is 17.6 Å². The first kappa shape index (κ1) is 13.8. The van der Waals surface area contributed by atoms with Gasteiger partial charge in [-0.1, -0.05) is 37.1 Å². The molecule has 21 heavy (non-hydrogen) atoms. The van der Waals surface area contributed by atoms with Crippen molar-refractivity contribution < 1.29 is 0 Å². The van der Waals surface area contributed by atoms with Crippen molar-refractivity contribution in [3.05, 3.63) is 35.4 Å². The van der Waals surface area contributed by atoms with Gasteiger partial charge >= 0.3 is 0 Å². The van der Waals surface area contributed by atoms with Crippen molar-refractivity contribution in [2.45, 2.75) is 69.5 Å². The van der Waals surface area contributed by atoms with Gasteiger partial charge in [-0.3, -0.25) is 4.90 Å². The van der Waals surface area contributed by atoms with Crippen LogP contribution in [0.3, 0.4) is 0 Å². The standard InChI is InChI=1S/C19H28N2/c1-15-13-20-19(11-4-5-12-19)14-21(15)18-10-6-8-16-7-2-3-9-17(16)18/h2-3,7,9,15,18,20H,4-6,8,10-14H2,1H3. The summed E-state index contributed by atoms with van der Waals surface area (Å²) >= 11 is 0. The van der Waals surface area contributed by atoms with Gasteiger partial charge in [0.2, 0.25) is 0 Å². The maximum absolute atomic E-state index is 3.90. The third-order valence-corrected chi connectivity index (χ3v) is 6.12. The van der Waals surface area contributed by atoms with Crippen LogP contribution in [0.2, 0.25) is 0 Å². The lowest BCUT2D eigenvalue weighted by molar-refractivity contribution is 0.0429. The molecule has 1 saturated heterocycles. The second-order valence-corrected chi connectivity index (χ2v) is 7.50. The smallest absolute Gasteiger partial charge is 0.0355 e. The fourth-order valence-electron chi connectivity index (χ4n) is 4.92. The molecule has 1 aromatic rings. The lowest BCUT2D eigenvalue weighted by atomic mass is 9.83. The molecule has 2 atom stereocenters. The molecule has 0 aromatic heterocycles. The van der Waals surface area contributed by atoms with Crippen molar-refractivity contribution in [1.82, 2.24) is 10.2 Å². The van der Waals surface area contributed by atoms with Crippen molar-refractivity contribution in [2.75, 3.05) is 13.1 Å². The van der Waals surface area contributed by atoms with Crippen molar-refractivity contribution in [3.8, 4) is 0 Å². The summed E-state index contributed by atoms with van der Waals surface area (Å²) in [7, 11) is 0. The van der Waals surface area contributed by atoms with Crippen LogP contribution in [0.4, 0.5) is 0 Å². The van der Waals surface area contributed by atoms with Crippen molar-refractivity contribution in [1.29, 1.82) is 0 Å². The van der Waals surface area contributed by atoms with Crippen LogP contribution in [-0.2, 0) is 6.42 Å². The molecule has 1 heterocycles. The normalized spacial score (nSPS) is 32.2. The number of aryl methyl sites for hydroxylation is 1. The van der Waals surface area contributed by atoms with Crippen LogP contribution in [0.25, 0.3) is 0 Å². The van der Waals surface area contributed by atoms with E-state index in [-0.39, 0.29) is 0 Å². The van der Waals surface area contributed by atoms with Crippen LogP contribution in [-0.4, -0.2) is 29.6 Å². The molecule has 1 spiro atoms. The minimum Gasteiger partial charge on any atom is -0.308 e. The van der Waals surface area contributed by atoms with E-state index >= 15 is 0 Å². The predicted octanol–water partition coefficient (Wildman–Crippen LogP) is 3.67. The molecule has 2 fully saturated rings. The molecule has 1 aromatic carbocycles. The minimum absolute atomic E-state index is 0.429. The lowest BCUT2D eigenvalue weighted by Gasteiger charge is -2.49. The van der Waals surface area contributed by atoms with Gasteiger partial charge in [-0.2, -0.15) is 0 Å². The second-order valence-electron chi connectivity index (χ2n) is 7.50. The molecule has 3 aliphatic rings. The summed E-state index contributed by atoms with van der Waals surface area (Å²) < 4.78 is 0. The molecule has 0 radical (unpaired) electrons. The quantitative estimate of drug-likeness (QED) is 0.846. The first-order chi connectivity index (χ1) is 10.3. The van der Waals surface area contributed by atoms with Crippen LogP contribution in [0.5, 0.6) is 0 Å². The highest BCUT2D eigenvalue weighted by Crippen LogP contribution is 2.40. The van der Waals surface area contributed by atoms with Crippen LogP contribution in [0.1, 0.15) is 62.6 Å². The molecule has 2 heteroatoms. The Morgan fingerprint density at radius 3 is 2.81 bits per heavy atom. The average Bonchev–Trinajstić information content (AvgIpc) is 2.98. The number of hydrogen-bond acceptors (Lipinski definition) is 2. The summed E-state index contributed by atoms with van der Waals surface area (Å²) in [6.45, 7) is 4.83. The van der Waals surface area contributed by atoms with Crippen LogP contribution < -0.4 is 5.32 Å². The van der Waals surface area contributed by atoms with Gasteiger partial charge < -0.3 is 5.32 Å². The fourth-order valence-corrected chi connectivity index (χ4v) is 4.92. The van der Waals surface area contributed by atoms with Gasteiger partial charge in [0.1, 0.15) is 0 Å². The Morgan fingerprint density at radius 1 is 1.14 bits per heavy atom. The molecule has 2 unspecified atom stereocenters. The van der Waals surface area contributed by atoms with E-state index in [0.717, 1.165) is 0 Å². The van der Waals surface area contributed by atoms with Gasteiger partial charge in [-0.05, 0) is 50.2 Å². The van der Waals surface area contributed by atoms with Crippen molar-refractivity contribution in [3.63, 3.8) is 0 Å². The van der Waals surface area contributed by atoms with Gasteiger partial charge in [0, 0.05) is 30.7 Å². The Hall–Kier alpha value is -0.860. The van der Waals surface area contributed by atoms with Gasteiger partial charge in [0.15, 0.2) is 0 Å². The highest BCUT2D eigenvalue weighted by Gasteiger charge is 2.42. The van der Waals surface area contributed by atoms with E-state index < -0.39 is 0 Å². The van der Waals surface area contributed by atoms with E-state index in [1.807, 2.05) is 0 Å². The topological polar surface area (TPSA) is 15.3 Å². The van der Waals surface area contributed by atoms with Crippen LogP contribution in [0.15, 0.2) is 24.3 Å². The highest BCUT2D eigenvalue weighted by molar-refractivity contribution is 5.32. The van der Waals surface area contributed by atoms with Crippen LogP contribution in [0, 0.1) is 0 Å². The zero-order valence-corrected chi connectivity index (χ0v) is 13.3. The van der Waals surface area contributed by atoms with Gasteiger partial charge in [-0.25, -0.2) is 0 Å². The van der Waals surface area contributed by atoms with Gasteiger partial charge in [0.25, 0.3) is 0 Å².